The third-order valence-corrected chi connectivity index (χ3v) is 5.44. The average Bonchev–Trinajstić information content (AvgIpc) is 3.17. The fourth-order valence-corrected chi connectivity index (χ4v) is 3.63. The monoisotopic (exact) mass is 385 g/mol. The van der Waals surface area contributed by atoms with Gasteiger partial charge < -0.3 is 4.74 Å². The third-order valence-electron chi connectivity index (χ3n) is 3.63. The molecule has 0 aliphatic rings. The molecule has 1 aromatic carbocycles. The number of para-hydroxylation sites is 1. The number of carbonyl (C=O) groups is 1. The van der Waals surface area contributed by atoms with Crippen LogP contribution in [0.4, 0.5) is 5.13 Å². The van der Waals surface area contributed by atoms with Crippen LogP contribution in [-0.2, 0) is 11.4 Å². The Hall–Kier alpha value is -2.51. The molecule has 0 fully saturated rings. The second kappa shape index (κ2) is 8.25. The highest BCUT2D eigenvalue weighted by Crippen LogP contribution is 2.23. The van der Waals surface area contributed by atoms with Gasteiger partial charge in [0.25, 0.3) is 0 Å². The van der Waals surface area contributed by atoms with E-state index in [-0.39, 0.29) is 5.91 Å². The van der Waals surface area contributed by atoms with E-state index in [0.29, 0.717) is 17.5 Å². The van der Waals surface area contributed by atoms with Crippen LogP contribution in [-0.4, -0.2) is 15.9 Å². The molecular weight excluding hydrogens is 366 g/mol. The predicted molar refractivity (Wildman–Crippen MR) is 107 cm³/mol. The molecule has 2 aromatic heterocycles. The van der Waals surface area contributed by atoms with Crippen molar-refractivity contribution in [2.45, 2.75) is 27.4 Å². The van der Waals surface area contributed by atoms with Crippen molar-refractivity contribution >= 4 is 39.8 Å². The number of hydrogen-bond acceptors (Lipinski definition) is 6. The number of benzene rings is 1. The molecule has 134 valence electrons. The Morgan fingerprint density at radius 3 is 2.73 bits per heavy atom. The fourth-order valence-electron chi connectivity index (χ4n) is 2.21. The number of hydrogen-bond donors (Lipinski definition) is 1. The largest absolute Gasteiger partial charge is 0.487 e. The normalized spacial score (nSPS) is 11.0. The van der Waals surface area contributed by atoms with Crippen LogP contribution in [0, 0.1) is 20.8 Å². The van der Waals surface area contributed by atoms with Crippen molar-refractivity contribution in [3.05, 3.63) is 62.6 Å². The number of thiazole rings is 2. The van der Waals surface area contributed by atoms with Crippen LogP contribution in [0.1, 0.15) is 26.8 Å². The zero-order valence-corrected chi connectivity index (χ0v) is 16.4. The van der Waals surface area contributed by atoms with Gasteiger partial charge in [0.1, 0.15) is 12.4 Å². The van der Waals surface area contributed by atoms with Crippen molar-refractivity contribution < 1.29 is 9.53 Å². The van der Waals surface area contributed by atoms with Gasteiger partial charge in [-0.2, -0.15) is 0 Å². The molecule has 0 aliphatic carbocycles. The Bertz CT molecular complexity index is 924. The zero-order chi connectivity index (χ0) is 18.5. The molecule has 0 unspecified atom stereocenters. The quantitative estimate of drug-likeness (QED) is 0.622. The molecule has 0 saturated carbocycles. The molecule has 26 heavy (non-hydrogen) atoms. The van der Waals surface area contributed by atoms with E-state index in [9.17, 15) is 4.79 Å². The zero-order valence-electron chi connectivity index (χ0n) is 14.8. The molecule has 0 bridgehead atoms. The summed E-state index contributed by atoms with van der Waals surface area (Å²) in [6.45, 7) is 6.28. The lowest BCUT2D eigenvalue weighted by atomic mass is 10.2. The number of nitrogens with one attached hydrogen (secondary N) is 1. The van der Waals surface area contributed by atoms with Crippen LogP contribution in [0.5, 0.6) is 5.75 Å². The number of amides is 1. The van der Waals surface area contributed by atoms with Crippen molar-refractivity contribution in [1.29, 1.82) is 0 Å². The second-order valence-electron chi connectivity index (χ2n) is 5.67. The molecule has 0 spiro atoms. The first-order valence-electron chi connectivity index (χ1n) is 8.07. The van der Waals surface area contributed by atoms with E-state index < -0.39 is 0 Å². The molecule has 3 rings (SSSR count). The van der Waals surface area contributed by atoms with Crippen LogP contribution in [0.15, 0.2) is 35.7 Å². The van der Waals surface area contributed by atoms with E-state index in [1.807, 2.05) is 50.4 Å². The molecule has 0 aliphatic heterocycles. The number of ether oxygens (including phenoxy) is 1. The Kier molecular flexibility index (Phi) is 5.80. The van der Waals surface area contributed by atoms with Gasteiger partial charge in [-0.25, -0.2) is 9.97 Å². The standard InChI is InChI=1S/C19H19N3O2S2/c1-12-13(2)26-19(20-12)22-18(23)9-8-15-6-4-5-7-17(15)24-10-16-11-25-14(3)21-16/h4-9,11H,10H2,1-3H3,(H,20,22,23)/b9-8+. The highest BCUT2D eigenvalue weighted by atomic mass is 32.1. The average molecular weight is 386 g/mol. The minimum Gasteiger partial charge on any atom is -0.487 e. The molecular formula is C19H19N3O2S2. The van der Waals surface area contributed by atoms with Crippen molar-refractivity contribution in [3.63, 3.8) is 0 Å². The Morgan fingerprint density at radius 1 is 1.23 bits per heavy atom. The number of aryl methyl sites for hydroxylation is 3. The maximum atomic E-state index is 12.1. The van der Waals surface area contributed by atoms with Gasteiger partial charge in [0.15, 0.2) is 5.13 Å². The van der Waals surface area contributed by atoms with Crippen LogP contribution in [0.2, 0.25) is 0 Å². The minimum atomic E-state index is -0.219. The van der Waals surface area contributed by atoms with E-state index in [1.165, 1.54) is 17.4 Å². The van der Waals surface area contributed by atoms with Gasteiger partial charge >= 0.3 is 0 Å². The van der Waals surface area contributed by atoms with E-state index in [0.717, 1.165) is 26.8 Å². The summed E-state index contributed by atoms with van der Waals surface area (Å²) in [6, 6.07) is 7.60. The first-order chi connectivity index (χ1) is 12.5. The lowest BCUT2D eigenvalue weighted by molar-refractivity contribution is -0.111. The molecule has 1 amide bonds. The number of carbonyl (C=O) groups excluding carboxylic acids is 1. The molecule has 0 radical (unpaired) electrons. The predicted octanol–water partition coefficient (Wildman–Crippen LogP) is 4.76. The maximum Gasteiger partial charge on any atom is 0.250 e. The summed E-state index contributed by atoms with van der Waals surface area (Å²) >= 11 is 3.07. The number of anilines is 1. The lowest BCUT2D eigenvalue weighted by Gasteiger charge is -2.07. The van der Waals surface area contributed by atoms with E-state index in [1.54, 1.807) is 17.4 Å². The molecule has 1 N–H and O–H groups in total. The molecule has 0 saturated heterocycles. The smallest absolute Gasteiger partial charge is 0.250 e. The Labute approximate surface area is 160 Å². The van der Waals surface area contributed by atoms with Gasteiger partial charge in [-0.15, -0.1) is 22.7 Å². The third kappa shape index (κ3) is 4.77. The van der Waals surface area contributed by atoms with Crippen LogP contribution >= 0.6 is 22.7 Å². The van der Waals surface area contributed by atoms with Crippen molar-refractivity contribution in [3.8, 4) is 5.75 Å². The fraction of sp³-hybridized carbons (Fsp3) is 0.211. The van der Waals surface area contributed by atoms with Gasteiger partial charge in [-0.1, -0.05) is 18.2 Å². The van der Waals surface area contributed by atoms with Gasteiger partial charge in [0, 0.05) is 21.9 Å². The van der Waals surface area contributed by atoms with Crippen molar-refractivity contribution in [1.82, 2.24) is 9.97 Å². The van der Waals surface area contributed by atoms with Gasteiger partial charge in [0.2, 0.25) is 5.91 Å². The highest BCUT2D eigenvalue weighted by Gasteiger charge is 2.07. The summed E-state index contributed by atoms with van der Waals surface area (Å²) in [4.78, 5) is 21.9. The van der Waals surface area contributed by atoms with E-state index in [4.69, 9.17) is 4.74 Å². The van der Waals surface area contributed by atoms with Gasteiger partial charge in [0.05, 0.1) is 16.4 Å². The number of rotatable bonds is 6. The molecule has 2 heterocycles. The first-order valence-corrected chi connectivity index (χ1v) is 9.77. The molecule has 0 atom stereocenters. The maximum absolute atomic E-state index is 12.1. The van der Waals surface area contributed by atoms with Crippen LogP contribution in [0.3, 0.4) is 0 Å². The Balaban J connectivity index is 1.65. The summed E-state index contributed by atoms with van der Waals surface area (Å²) in [5.41, 5.74) is 2.67. The van der Waals surface area contributed by atoms with Crippen LogP contribution < -0.4 is 10.1 Å². The summed E-state index contributed by atoms with van der Waals surface area (Å²) in [5, 5.41) is 6.40. The lowest BCUT2D eigenvalue weighted by Crippen LogP contribution is -2.07. The second-order valence-corrected chi connectivity index (χ2v) is 7.93. The van der Waals surface area contributed by atoms with E-state index in [2.05, 4.69) is 15.3 Å². The number of aromatic nitrogens is 2. The first kappa shape index (κ1) is 18.3. The molecule has 5 nitrogen and oxygen atoms in total. The summed E-state index contributed by atoms with van der Waals surface area (Å²) in [6.07, 6.45) is 3.23. The van der Waals surface area contributed by atoms with Gasteiger partial charge in [-0.05, 0) is 32.9 Å². The van der Waals surface area contributed by atoms with Gasteiger partial charge in [-0.3, -0.25) is 10.1 Å². The minimum absolute atomic E-state index is 0.219. The summed E-state index contributed by atoms with van der Waals surface area (Å²) in [5.74, 6) is 0.492. The Morgan fingerprint density at radius 2 is 2.04 bits per heavy atom. The number of nitrogens with zero attached hydrogens (tertiary/aromatic N) is 2. The highest BCUT2D eigenvalue weighted by molar-refractivity contribution is 7.15. The van der Waals surface area contributed by atoms with Crippen molar-refractivity contribution in [2.75, 3.05) is 5.32 Å². The van der Waals surface area contributed by atoms with Crippen LogP contribution in [0.25, 0.3) is 6.08 Å². The summed E-state index contributed by atoms with van der Waals surface area (Å²) < 4.78 is 5.86. The molecule has 7 heteroatoms. The SMILES string of the molecule is Cc1nc(COc2ccccc2/C=C/C(=O)Nc2nc(C)c(C)s2)cs1. The molecule has 3 aromatic rings. The topological polar surface area (TPSA) is 64.1 Å². The van der Waals surface area contributed by atoms with E-state index >= 15 is 0 Å². The van der Waals surface area contributed by atoms with Crippen molar-refractivity contribution in [2.24, 2.45) is 0 Å². The summed E-state index contributed by atoms with van der Waals surface area (Å²) in [7, 11) is 0.